The van der Waals surface area contributed by atoms with Crippen LogP contribution in [0, 0.1) is 5.82 Å². The maximum Gasteiger partial charge on any atom is 0.149 e. The molecule has 0 spiro atoms. The summed E-state index contributed by atoms with van der Waals surface area (Å²) in [6.45, 7) is 0.333. The molecule has 0 saturated heterocycles. The second kappa shape index (κ2) is 4.12. The van der Waals surface area contributed by atoms with Crippen LogP contribution in [0.5, 0.6) is 0 Å². The highest BCUT2D eigenvalue weighted by Crippen LogP contribution is 2.16. The zero-order chi connectivity index (χ0) is 10.8. The second-order valence-corrected chi connectivity index (χ2v) is 4.01. The van der Waals surface area contributed by atoms with E-state index in [-0.39, 0.29) is 5.82 Å². The molecule has 1 heterocycles. The summed E-state index contributed by atoms with van der Waals surface area (Å²) >= 11 is 3.26. The van der Waals surface area contributed by atoms with Gasteiger partial charge < -0.3 is 5.73 Å². The monoisotopic (exact) mass is 269 g/mol. The van der Waals surface area contributed by atoms with Gasteiger partial charge in [0.25, 0.3) is 0 Å². The van der Waals surface area contributed by atoms with Crippen LogP contribution in [0.25, 0.3) is 5.69 Å². The SMILES string of the molecule is NCc1ccc(-n2cc(Br)cn2)c(F)c1. The van der Waals surface area contributed by atoms with Crippen molar-refractivity contribution in [2.24, 2.45) is 5.73 Å². The molecule has 1 aromatic carbocycles. The Morgan fingerprint density at radius 2 is 2.27 bits per heavy atom. The first kappa shape index (κ1) is 10.3. The van der Waals surface area contributed by atoms with Crippen LogP contribution in [0.1, 0.15) is 5.56 Å². The Labute approximate surface area is 94.8 Å². The van der Waals surface area contributed by atoms with E-state index in [2.05, 4.69) is 21.0 Å². The fourth-order valence-corrected chi connectivity index (χ4v) is 1.58. The Bertz CT molecular complexity index is 481. The summed E-state index contributed by atoms with van der Waals surface area (Å²) in [5.74, 6) is -0.325. The number of nitrogens with zero attached hydrogens (tertiary/aromatic N) is 2. The molecule has 0 aliphatic rings. The molecule has 3 nitrogen and oxygen atoms in total. The number of halogens is 2. The van der Waals surface area contributed by atoms with Crippen LogP contribution in [-0.4, -0.2) is 9.78 Å². The molecule has 0 bridgehead atoms. The topological polar surface area (TPSA) is 43.8 Å². The van der Waals surface area contributed by atoms with Crippen LogP contribution in [0.4, 0.5) is 4.39 Å². The van der Waals surface area contributed by atoms with Gasteiger partial charge in [-0.15, -0.1) is 0 Å². The third kappa shape index (κ3) is 2.08. The Morgan fingerprint density at radius 1 is 1.47 bits per heavy atom. The molecule has 0 radical (unpaired) electrons. The van der Waals surface area contributed by atoms with E-state index in [1.807, 2.05) is 0 Å². The molecule has 15 heavy (non-hydrogen) atoms. The first-order valence-corrected chi connectivity index (χ1v) is 5.19. The van der Waals surface area contributed by atoms with Gasteiger partial charge in [0.1, 0.15) is 11.5 Å². The van der Waals surface area contributed by atoms with Gasteiger partial charge in [-0.05, 0) is 33.6 Å². The van der Waals surface area contributed by atoms with Crippen molar-refractivity contribution in [3.05, 3.63) is 46.4 Å². The standard InChI is InChI=1S/C10H9BrFN3/c11-8-5-14-15(6-8)10-2-1-7(4-13)3-9(10)12/h1-3,5-6H,4,13H2. The molecule has 2 N–H and O–H groups in total. The van der Waals surface area contributed by atoms with Crippen molar-refractivity contribution in [2.45, 2.75) is 6.54 Å². The summed E-state index contributed by atoms with van der Waals surface area (Å²) < 4.78 is 15.9. The molecule has 0 aliphatic carbocycles. The second-order valence-electron chi connectivity index (χ2n) is 3.09. The first-order chi connectivity index (χ1) is 7.20. The lowest BCUT2D eigenvalue weighted by Gasteiger charge is -2.04. The summed E-state index contributed by atoms with van der Waals surface area (Å²) in [7, 11) is 0. The number of rotatable bonds is 2. The van der Waals surface area contributed by atoms with Gasteiger partial charge in [0.15, 0.2) is 0 Å². The van der Waals surface area contributed by atoms with Gasteiger partial charge in [0.05, 0.1) is 10.7 Å². The molecule has 78 valence electrons. The van der Waals surface area contributed by atoms with Crippen molar-refractivity contribution < 1.29 is 4.39 Å². The lowest BCUT2D eigenvalue weighted by Crippen LogP contribution is -2.01. The van der Waals surface area contributed by atoms with E-state index in [1.165, 1.54) is 10.7 Å². The van der Waals surface area contributed by atoms with Crippen molar-refractivity contribution in [3.8, 4) is 5.69 Å². The van der Waals surface area contributed by atoms with Crippen LogP contribution >= 0.6 is 15.9 Å². The lowest BCUT2D eigenvalue weighted by molar-refractivity contribution is 0.608. The molecule has 0 saturated carbocycles. The highest BCUT2D eigenvalue weighted by molar-refractivity contribution is 9.10. The van der Waals surface area contributed by atoms with E-state index in [0.717, 1.165) is 10.0 Å². The number of hydrogen-bond acceptors (Lipinski definition) is 2. The molecule has 0 fully saturated rings. The van der Waals surface area contributed by atoms with E-state index < -0.39 is 0 Å². The molecule has 0 unspecified atom stereocenters. The van der Waals surface area contributed by atoms with E-state index in [9.17, 15) is 4.39 Å². The quantitative estimate of drug-likeness (QED) is 0.909. The average Bonchev–Trinajstić information content (AvgIpc) is 2.64. The Morgan fingerprint density at radius 3 is 2.80 bits per heavy atom. The smallest absolute Gasteiger partial charge is 0.149 e. The predicted octanol–water partition coefficient (Wildman–Crippen LogP) is 2.23. The fourth-order valence-electron chi connectivity index (χ4n) is 1.30. The third-order valence-electron chi connectivity index (χ3n) is 2.05. The van der Waals surface area contributed by atoms with Gasteiger partial charge in [-0.1, -0.05) is 6.07 Å². The first-order valence-electron chi connectivity index (χ1n) is 4.40. The van der Waals surface area contributed by atoms with Crippen molar-refractivity contribution in [1.29, 1.82) is 0 Å². The summed E-state index contributed by atoms with van der Waals surface area (Å²) in [6.07, 6.45) is 3.30. The fraction of sp³-hybridized carbons (Fsp3) is 0.100. The maximum atomic E-state index is 13.6. The molecule has 0 atom stereocenters. The van der Waals surface area contributed by atoms with Gasteiger partial charge in [0, 0.05) is 12.7 Å². The Balaban J connectivity index is 2.45. The summed E-state index contributed by atoms with van der Waals surface area (Å²) in [5.41, 5.74) is 6.60. The minimum Gasteiger partial charge on any atom is -0.326 e. The largest absolute Gasteiger partial charge is 0.326 e. The van der Waals surface area contributed by atoms with Crippen LogP contribution in [0.2, 0.25) is 0 Å². The Hall–Kier alpha value is -1.20. The van der Waals surface area contributed by atoms with Crippen molar-refractivity contribution in [1.82, 2.24) is 9.78 Å². The zero-order valence-electron chi connectivity index (χ0n) is 7.82. The Kier molecular flexibility index (Phi) is 2.83. The van der Waals surface area contributed by atoms with Crippen molar-refractivity contribution in [2.75, 3.05) is 0 Å². The van der Waals surface area contributed by atoms with Gasteiger partial charge in [-0.25, -0.2) is 9.07 Å². The molecular weight excluding hydrogens is 261 g/mol. The summed E-state index contributed by atoms with van der Waals surface area (Å²) in [5, 5.41) is 4.00. The summed E-state index contributed by atoms with van der Waals surface area (Å²) in [4.78, 5) is 0. The number of aromatic nitrogens is 2. The van der Waals surface area contributed by atoms with Crippen molar-refractivity contribution >= 4 is 15.9 Å². The van der Waals surface area contributed by atoms with Crippen LogP contribution in [-0.2, 0) is 6.54 Å². The number of benzene rings is 1. The van der Waals surface area contributed by atoms with Gasteiger partial charge in [0.2, 0.25) is 0 Å². The number of hydrogen-bond donors (Lipinski definition) is 1. The van der Waals surface area contributed by atoms with Crippen molar-refractivity contribution in [3.63, 3.8) is 0 Å². The minimum absolute atomic E-state index is 0.325. The van der Waals surface area contributed by atoms with Gasteiger partial charge in [-0.2, -0.15) is 5.10 Å². The third-order valence-corrected chi connectivity index (χ3v) is 2.46. The van der Waals surface area contributed by atoms with Crippen LogP contribution in [0.15, 0.2) is 35.1 Å². The van der Waals surface area contributed by atoms with Gasteiger partial charge >= 0.3 is 0 Å². The molecule has 2 aromatic rings. The number of nitrogens with two attached hydrogens (primary N) is 1. The van der Waals surface area contributed by atoms with Crippen LogP contribution < -0.4 is 5.73 Å². The van der Waals surface area contributed by atoms with Crippen LogP contribution in [0.3, 0.4) is 0 Å². The summed E-state index contributed by atoms with van der Waals surface area (Å²) in [6, 6.07) is 4.87. The van der Waals surface area contributed by atoms with E-state index >= 15 is 0 Å². The molecule has 2 rings (SSSR count). The lowest BCUT2D eigenvalue weighted by atomic mass is 10.2. The van der Waals surface area contributed by atoms with E-state index in [1.54, 1.807) is 24.5 Å². The normalized spacial score (nSPS) is 10.6. The maximum absolute atomic E-state index is 13.6. The molecule has 0 amide bonds. The minimum atomic E-state index is -0.325. The highest BCUT2D eigenvalue weighted by Gasteiger charge is 2.06. The zero-order valence-corrected chi connectivity index (χ0v) is 9.41. The molecule has 1 aromatic heterocycles. The van der Waals surface area contributed by atoms with E-state index in [0.29, 0.717) is 12.2 Å². The molecule has 0 aliphatic heterocycles. The van der Waals surface area contributed by atoms with E-state index in [4.69, 9.17) is 5.73 Å². The highest BCUT2D eigenvalue weighted by atomic mass is 79.9. The average molecular weight is 270 g/mol. The molecular formula is C10H9BrFN3. The van der Waals surface area contributed by atoms with Gasteiger partial charge in [-0.3, -0.25) is 0 Å². The molecule has 5 heteroatoms. The predicted molar refractivity (Wildman–Crippen MR) is 59.1 cm³/mol.